The average Bonchev–Trinajstić information content (AvgIpc) is 2.35. The van der Waals surface area contributed by atoms with Gasteiger partial charge in [-0.1, -0.05) is 41.9 Å². The molecule has 2 N–H and O–H groups in total. The van der Waals surface area contributed by atoms with Crippen molar-refractivity contribution in [2.45, 2.75) is 13.5 Å². The maximum atomic E-state index is 6.05. The third kappa shape index (κ3) is 2.77. The van der Waals surface area contributed by atoms with Crippen LogP contribution in [0.1, 0.15) is 11.1 Å². The van der Waals surface area contributed by atoms with E-state index in [1.54, 1.807) is 0 Å². The third-order valence-corrected chi connectivity index (χ3v) is 3.39. The number of nitrogens with two attached hydrogens (primary N) is 1. The monoisotopic (exact) mass is 260 g/mol. The molecule has 0 aromatic heterocycles. The van der Waals surface area contributed by atoms with Crippen LogP contribution in [0, 0.1) is 6.92 Å². The van der Waals surface area contributed by atoms with Gasteiger partial charge in [-0.3, -0.25) is 0 Å². The molecule has 18 heavy (non-hydrogen) atoms. The molecule has 0 amide bonds. The van der Waals surface area contributed by atoms with Crippen molar-refractivity contribution in [3.63, 3.8) is 0 Å². The molecule has 2 rings (SSSR count). The topological polar surface area (TPSA) is 29.3 Å². The largest absolute Gasteiger partial charge is 0.397 e. The molecule has 2 aromatic rings. The Bertz CT molecular complexity index is 538. The molecule has 0 saturated heterocycles. The zero-order valence-corrected chi connectivity index (χ0v) is 11.4. The van der Waals surface area contributed by atoms with E-state index in [-0.39, 0.29) is 0 Å². The van der Waals surface area contributed by atoms with Crippen LogP contribution in [0.25, 0.3) is 0 Å². The highest BCUT2D eigenvalue weighted by Gasteiger charge is 2.08. The molecular formula is C15H17ClN2. The van der Waals surface area contributed by atoms with Crippen molar-refractivity contribution in [2.75, 3.05) is 17.7 Å². The summed E-state index contributed by atoms with van der Waals surface area (Å²) in [7, 11) is 2.03. The van der Waals surface area contributed by atoms with Gasteiger partial charge in [-0.25, -0.2) is 0 Å². The van der Waals surface area contributed by atoms with E-state index >= 15 is 0 Å². The number of nitrogens with zero attached hydrogens (tertiary/aromatic N) is 1. The molecule has 0 fully saturated rings. The maximum Gasteiger partial charge on any atom is 0.0604 e. The Morgan fingerprint density at radius 3 is 2.50 bits per heavy atom. The highest BCUT2D eigenvalue weighted by molar-refractivity contribution is 6.31. The summed E-state index contributed by atoms with van der Waals surface area (Å²) in [6, 6.07) is 14.2. The Labute approximate surface area is 113 Å². The number of rotatable bonds is 3. The summed E-state index contributed by atoms with van der Waals surface area (Å²) in [4.78, 5) is 2.13. The Kier molecular flexibility index (Phi) is 3.78. The normalized spacial score (nSPS) is 10.4. The molecule has 0 spiro atoms. The highest BCUT2D eigenvalue weighted by atomic mass is 35.5. The Morgan fingerprint density at radius 2 is 1.83 bits per heavy atom. The first-order valence-electron chi connectivity index (χ1n) is 5.88. The molecule has 0 radical (unpaired) electrons. The van der Waals surface area contributed by atoms with E-state index in [1.807, 2.05) is 44.3 Å². The molecule has 0 aliphatic carbocycles. The molecule has 0 atom stereocenters. The minimum absolute atomic E-state index is 0.712. The van der Waals surface area contributed by atoms with Gasteiger partial charge < -0.3 is 10.6 Å². The summed E-state index contributed by atoms with van der Waals surface area (Å²) in [6.45, 7) is 2.81. The van der Waals surface area contributed by atoms with Crippen LogP contribution in [-0.2, 0) is 6.54 Å². The number of hydrogen-bond acceptors (Lipinski definition) is 2. The fraction of sp³-hybridized carbons (Fsp3) is 0.200. The average molecular weight is 261 g/mol. The lowest BCUT2D eigenvalue weighted by Crippen LogP contribution is -2.17. The Morgan fingerprint density at radius 1 is 1.17 bits per heavy atom. The first-order valence-corrected chi connectivity index (χ1v) is 6.26. The van der Waals surface area contributed by atoms with Crippen molar-refractivity contribution in [3.05, 3.63) is 58.6 Å². The summed E-state index contributed by atoms with van der Waals surface area (Å²) >= 11 is 6.05. The van der Waals surface area contributed by atoms with Crippen molar-refractivity contribution in [1.82, 2.24) is 0 Å². The maximum absolute atomic E-state index is 6.05. The van der Waals surface area contributed by atoms with E-state index in [2.05, 4.69) is 17.0 Å². The first-order chi connectivity index (χ1) is 8.58. The third-order valence-electron chi connectivity index (χ3n) is 2.98. The van der Waals surface area contributed by atoms with Gasteiger partial charge >= 0.3 is 0 Å². The number of anilines is 2. The van der Waals surface area contributed by atoms with Gasteiger partial charge in [0, 0.05) is 18.6 Å². The van der Waals surface area contributed by atoms with Crippen LogP contribution >= 0.6 is 11.6 Å². The summed E-state index contributed by atoms with van der Waals surface area (Å²) in [6.07, 6.45) is 0. The van der Waals surface area contributed by atoms with Gasteiger partial charge in [-0.05, 0) is 30.2 Å². The zero-order valence-electron chi connectivity index (χ0n) is 10.7. The van der Waals surface area contributed by atoms with Crippen LogP contribution < -0.4 is 10.6 Å². The van der Waals surface area contributed by atoms with Gasteiger partial charge in [0.2, 0.25) is 0 Å². The fourth-order valence-electron chi connectivity index (χ4n) is 1.95. The molecule has 0 saturated carbocycles. The van der Waals surface area contributed by atoms with Crippen molar-refractivity contribution < 1.29 is 0 Å². The Balaban J connectivity index is 2.24. The summed E-state index contributed by atoms with van der Waals surface area (Å²) in [5.41, 5.74) is 10.0. The number of hydrogen-bond donors (Lipinski definition) is 1. The standard InChI is InChI=1S/C15H17ClN2/c1-11-8-15(14(17)9-13(11)16)18(2)10-12-6-4-3-5-7-12/h3-9H,10,17H2,1-2H3. The van der Waals surface area contributed by atoms with E-state index in [4.69, 9.17) is 17.3 Å². The van der Waals surface area contributed by atoms with E-state index in [1.165, 1.54) is 5.56 Å². The van der Waals surface area contributed by atoms with Crippen LogP contribution in [0.2, 0.25) is 5.02 Å². The van der Waals surface area contributed by atoms with Gasteiger partial charge in [0.15, 0.2) is 0 Å². The molecule has 0 bridgehead atoms. The molecule has 3 heteroatoms. The van der Waals surface area contributed by atoms with Gasteiger partial charge in [-0.2, -0.15) is 0 Å². The van der Waals surface area contributed by atoms with Crippen molar-refractivity contribution >= 4 is 23.0 Å². The van der Waals surface area contributed by atoms with E-state index in [9.17, 15) is 0 Å². The van der Waals surface area contributed by atoms with E-state index < -0.39 is 0 Å². The quantitative estimate of drug-likeness (QED) is 0.849. The minimum Gasteiger partial charge on any atom is -0.397 e. The number of aryl methyl sites for hydroxylation is 1. The predicted molar refractivity (Wildman–Crippen MR) is 79.2 cm³/mol. The first kappa shape index (κ1) is 12.8. The second kappa shape index (κ2) is 5.32. The lowest BCUT2D eigenvalue weighted by atomic mass is 10.1. The van der Waals surface area contributed by atoms with Gasteiger partial charge in [0.05, 0.1) is 11.4 Å². The second-order valence-electron chi connectivity index (χ2n) is 4.50. The summed E-state index contributed by atoms with van der Waals surface area (Å²) in [5, 5.41) is 0.712. The van der Waals surface area contributed by atoms with Crippen LogP contribution in [-0.4, -0.2) is 7.05 Å². The SMILES string of the molecule is Cc1cc(N(C)Cc2ccccc2)c(N)cc1Cl. The van der Waals surface area contributed by atoms with Crippen LogP contribution in [0.15, 0.2) is 42.5 Å². The summed E-state index contributed by atoms with van der Waals surface area (Å²) < 4.78 is 0. The second-order valence-corrected chi connectivity index (χ2v) is 4.91. The van der Waals surface area contributed by atoms with Gasteiger partial charge in [-0.15, -0.1) is 0 Å². The lowest BCUT2D eigenvalue weighted by molar-refractivity contribution is 0.924. The minimum atomic E-state index is 0.712. The van der Waals surface area contributed by atoms with Crippen molar-refractivity contribution in [1.29, 1.82) is 0 Å². The zero-order chi connectivity index (χ0) is 13.1. The molecule has 2 aromatic carbocycles. The Hall–Kier alpha value is -1.67. The molecule has 94 valence electrons. The lowest BCUT2D eigenvalue weighted by Gasteiger charge is -2.22. The summed E-state index contributed by atoms with van der Waals surface area (Å²) in [5.74, 6) is 0. The molecule has 0 unspecified atom stereocenters. The smallest absolute Gasteiger partial charge is 0.0604 e. The highest BCUT2D eigenvalue weighted by Crippen LogP contribution is 2.29. The van der Waals surface area contributed by atoms with E-state index in [0.717, 1.165) is 17.8 Å². The molecular weight excluding hydrogens is 244 g/mol. The van der Waals surface area contributed by atoms with Crippen LogP contribution in [0.4, 0.5) is 11.4 Å². The number of nitrogen functional groups attached to an aromatic ring is 1. The number of benzene rings is 2. The van der Waals surface area contributed by atoms with Gasteiger partial charge in [0.1, 0.15) is 0 Å². The van der Waals surface area contributed by atoms with Crippen molar-refractivity contribution in [3.8, 4) is 0 Å². The fourth-order valence-corrected chi connectivity index (χ4v) is 2.13. The predicted octanol–water partition coefficient (Wildman–Crippen LogP) is 3.87. The molecule has 0 heterocycles. The molecule has 2 nitrogen and oxygen atoms in total. The van der Waals surface area contributed by atoms with Crippen molar-refractivity contribution in [2.24, 2.45) is 0 Å². The van der Waals surface area contributed by atoms with Crippen LogP contribution in [0.5, 0.6) is 0 Å². The van der Waals surface area contributed by atoms with Gasteiger partial charge in [0.25, 0.3) is 0 Å². The number of halogens is 1. The molecule has 0 aliphatic heterocycles. The van der Waals surface area contributed by atoms with E-state index in [0.29, 0.717) is 10.7 Å². The van der Waals surface area contributed by atoms with Crippen LogP contribution in [0.3, 0.4) is 0 Å². The molecule has 0 aliphatic rings.